The van der Waals surface area contributed by atoms with Crippen molar-refractivity contribution < 1.29 is 9.59 Å². The summed E-state index contributed by atoms with van der Waals surface area (Å²) in [6.45, 7) is 7.43. The van der Waals surface area contributed by atoms with Crippen LogP contribution in [0, 0.1) is 5.92 Å². The van der Waals surface area contributed by atoms with Crippen molar-refractivity contribution in [3.8, 4) is 0 Å². The van der Waals surface area contributed by atoms with Crippen LogP contribution < -0.4 is 0 Å². The second-order valence-corrected chi connectivity index (χ2v) is 8.18. The fourth-order valence-corrected chi connectivity index (χ4v) is 4.38. The van der Waals surface area contributed by atoms with Crippen molar-refractivity contribution in [1.29, 1.82) is 0 Å². The molecule has 1 aromatic rings. The lowest BCUT2D eigenvalue weighted by molar-refractivity contribution is -0.148. The summed E-state index contributed by atoms with van der Waals surface area (Å²) in [6.07, 6.45) is 5.23. The summed E-state index contributed by atoms with van der Waals surface area (Å²) in [4.78, 5) is 32.7. The van der Waals surface area contributed by atoms with Crippen LogP contribution in [0.15, 0.2) is 24.3 Å². The van der Waals surface area contributed by atoms with E-state index >= 15 is 0 Å². The summed E-state index contributed by atoms with van der Waals surface area (Å²) in [6, 6.07) is 7.75. The predicted molar refractivity (Wildman–Crippen MR) is 105 cm³/mol. The Kier molecular flexibility index (Phi) is 5.48. The zero-order chi connectivity index (χ0) is 18.8. The van der Waals surface area contributed by atoms with Gasteiger partial charge in [0.15, 0.2) is 0 Å². The minimum absolute atomic E-state index is 0.117. The summed E-state index contributed by atoms with van der Waals surface area (Å²) < 4.78 is 0. The molecule has 0 N–H and O–H groups in total. The first-order chi connectivity index (χ1) is 13.2. The molecule has 0 spiro atoms. The van der Waals surface area contributed by atoms with Crippen LogP contribution in [-0.2, 0) is 16.0 Å². The van der Waals surface area contributed by atoms with Crippen molar-refractivity contribution in [3.05, 3.63) is 35.4 Å². The van der Waals surface area contributed by atoms with E-state index in [1.165, 1.54) is 18.4 Å². The number of unbranched alkanes of at least 4 members (excludes halogenated alkanes) is 1. The van der Waals surface area contributed by atoms with E-state index in [0.717, 1.165) is 57.5 Å². The fraction of sp³-hybridized carbons (Fsp3) is 0.636. The number of hydrogen-bond acceptors (Lipinski definition) is 3. The third-order valence-corrected chi connectivity index (χ3v) is 6.24. The van der Waals surface area contributed by atoms with E-state index in [2.05, 4.69) is 17.9 Å². The minimum Gasteiger partial charge on any atom is -0.338 e. The number of piperazine rings is 1. The molecular weight excluding hydrogens is 338 g/mol. The maximum Gasteiger partial charge on any atom is 0.250 e. The fourth-order valence-electron chi connectivity index (χ4n) is 4.38. The van der Waals surface area contributed by atoms with Gasteiger partial charge in [-0.3, -0.25) is 14.5 Å². The minimum atomic E-state index is -0.426. The van der Waals surface area contributed by atoms with Crippen LogP contribution in [0.25, 0.3) is 0 Å². The lowest BCUT2D eigenvalue weighted by atomic mass is 9.91. The highest BCUT2D eigenvalue weighted by Crippen LogP contribution is 2.38. The molecule has 2 heterocycles. The molecule has 3 aliphatic rings. The standard InChI is InChI=1S/C22H31N3O2/c1-2-3-11-23-13-15-24(16-14-23)22(27)20-19-7-5-4-6-17(19)10-12-25(20)21(26)18-8-9-18/h4-7,18,20H,2-3,8-16H2,1H3/t20-/m1/s1. The van der Waals surface area contributed by atoms with Crippen molar-refractivity contribution >= 4 is 11.8 Å². The molecule has 1 aliphatic carbocycles. The van der Waals surface area contributed by atoms with Gasteiger partial charge in [0.1, 0.15) is 6.04 Å². The number of nitrogens with zero attached hydrogens (tertiary/aromatic N) is 3. The van der Waals surface area contributed by atoms with Crippen LogP contribution >= 0.6 is 0 Å². The Balaban J connectivity index is 1.51. The number of amides is 2. The second kappa shape index (κ2) is 8.01. The number of carbonyl (C=O) groups excluding carboxylic acids is 2. The van der Waals surface area contributed by atoms with Gasteiger partial charge in [-0.25, -0.2) is 0 Å². The molecule has 1 saturated carbocycles. The van der Waals surface area contributed by atoms with Gasteiger partial charge in [0, 0.05) is 38.6 Å². The largest absolute Gasteiger partial charge is 0.338 e. The number of carbonyl (C=O) groups is 2. The average Bonchev–Trinajstić information content (AvgIpc) is 3.56. The highest BCUT2D eigenvalue weighted by Gasteiger charge is 2.43. The first-order valence-corrected chi connectivity index (χ1v) is 10.6. The highest BCUT2D eigenvalue weighted by atomic mass is 16.2. The van der Waals surface area contributed by atoms with Crippen molar-refractivity contribution in [2.45, 2.75) is 45.1 Å². The molecule has 0 aromatic heterocycles. The monoisotopic (exact) mass is 369 g/mol. The topological polar surface area (TPSA) is 43.9 Å². The van der Waals surface area contributed by atoms with E-state index in [9.17, 15) is 9.59 Å². The Morgan fingerprint density at radius 2 is 1.74 bits per heavy atom. The van der Waals surface area contributed by atoms with Crippen molar-refractivity contribution in [2.24, 2.45) is 5.92 Å². The Bertz CT molecular complexity index is 693. The zero-order valence-corrected chi connectivity index (χ0v) is 16.4. The SMILES string of the molecule is CCCCN1CCN(C(=O)[C@H]2c3ccccc3CCN2C(=O)C2CC2)CC1. The van der Waals surface area contributed by atoms with Gasteiger partial charge in [-0.05, 0) is 43.4 Å². The normalized spacial score (nSPS) is 23.2. The lowest BCUT2D eigenvalue weighted by Crippen LogP contribution is -2.54. The van der Waals surface area contributed by atoms with Gasteiger partial charge in [0.25, 0.3) is 0 Å². The van der Waals surface area contributed by atoms with Gasteiger partial charge in [0.2, 0.25) is 11.8 Å². The molecular formula is C22H31N3O2. The summed E-state index contributed by atoms with van der Waals surface area (Å²) in [7, 11) is 0. The third-order valence-electron chi connectivity index (χ3n) is 6.24. The second-order valence-electron chi connectivity index (χ2n) is 8.18. The maximum absolute atomic E-state index is 13.5. The molecule has 1 aromatic carbocycles. The predicted octanol–water partition coefficient (Wildman–Crippen LogP) is 2.47. The first kappa shape index (κ1) is 18.5. The van der Waals surface area contributed by atoms with Crippen molar-refractivity contribution in [3.63, 3.8) is 0 Å². The van der Waals surface area contributed by atoms with Gasteiger partial charge in [-0.15, -0.1) is 0 Å². The Morgan fingerprint density at radius 1 is 1.00 bits per heavy atom. The molecule has 2 fully saturated rings. The molecule has 0 radical (unpaired) electrons. The number of benzene rings is 1. The number of rotatable bonds is 5. The van der Waals surface area contributed by atoms with Crippen molar-refractivity contribution in [1.82, 2.24) is 14.7 Å². The first-order valence-electron chi connectivity index (χ1n) is 10.6. The molecule has 27 heavy (non-hydrogen) atoms. The highest BCUT2D eigenvalue weighted by molar-refractivity contribution is 5.91. The smallest absolute Gasteiger partial charge is 0.250 e. The Labute approximate surface area is 162 Å². The van der Waals surface area contributed by atoms with Crippen LogP contribution in [0.2, 0.25) is 0 Å². The van der Waals surface area contributed by atoms with E-state index in [-0.39, 0.29) is 17.7 Å². The zero-order valence-electron chi connectivity index (χ0n) is 16.4. The number of fused-ring (bicyclic) bond motifs is 1. The molecule has 4 rings (SSSR count). The summed E-state index contributed by atoms with van der Waals surface area (Å²) in [5.74, 6) is 0.451. The molecule has 1 atom stereocenters. The number of hydrogen-bond donors (Lipinski definition) is 0. The average molecular weight is 370 g/mol. The molecule has 146 valence electrons. The summed E-state index contributed by atoms with van der Waals surface area (Å²) >= 11 is 0. The Morgan fingerprint density at radius 3 is 2.44 bits per heavy atom. The van der Waals surface area contributed by atoms with Gasteiger partial charge in [0.05, 0.1) is 0 Å². The van der Waals surface area contributed by atoms with E-state index in [1.54, 1.807) is 0 Å². The molecule has 0 bridgehead atoms. The molecule has 0 unspecified atom stereocenters. The van der Waals surface area contributed by atoms with Gasteiger partial charge in [-0.2, -0.15) is 0 Å². The maximum atomic E-state index is 13.5. The lowest BCUT2D eigenvalue weighted by Gasteiger charge is -2.41. The van der Waals surface area contributed by atoms with Crippen LogP contribution in [0.3, 0.4) is 0 Å². The Hall–Kier alpha value is -1.88. The molecule has 2 amide bonds. The summed E-state index contributed by atoms with van der Waals surface area (Å²) in [5.41, 5.74) is 2.26. The molecule has 5 nitrogen and oxygen atoms in total. The van der Waals surface area contributed by atoms with E-state index in [1.807, 2.05) is 28.0 Å². The van der Waals surface area contributed by atoms with E-state index < -0.39 is 6.04 Å². The molecule has 5 heteroatoms. The van der Waals surface area contributed by atoms with Gasteiger partial charge in [-0.1, -0.05) is 37.6 Å². The third kappa shape index (κ3) is 3.88. The van der Waals surface area contributed by atoms with Crippen LogP contribution in [0.4, 0.5) is 0 Å². The van der Waals surface area contributed by atoms with E-state index in [4.69, 9.17) is 0 Å². The van der Waals surface area contributed by atoms with Crippen LogP contribution in [0.1, 0.15) is 49.8 Å². The van der Waals surface area contributed by atoms with Crippen LogP contribution in [0.5, 0.6) is 0 Å². The van der Waals surface area contributed by atoms with E-state index in [0.29, 0.717) is 6.54 Å². The molecule has 1 saturated heterocycles. The van der Waals surface area contributed by atoms with Crippen LogP contribution in [-0.4, -0.2) is 65.8 Å². The van der Waals surface area contributed by atoms with Crippen molar-refractivity contribution in [2.75, 3.05) is 39.3 Å². The van der Waals surface area contributed by atoms with Gasteiger partial charge >= 0.3 is 0 Å². The quantitative estimate of drug-likeness (QED) is 0.801. The van der Waals surface area contributed by atoms with Gasteiger partial charge < -0.3 is 9.80 Å². The summed E-state index contributed by atoms with van der Waals surface area (Å²) in [5, 5.41) is 0. The molecule has 2 aliphatic heterocycles.